The quantitative estimate of drug-likeness (QED) is 0.398. The molecule has 0 bridgehead atoms. The van der Waals surface area contributed by atoms with Gasteiger partial charge in [-0.25, -0.2) is 18.1 Å². The highest BCUT2D eigenvalue weighted by Crippen LogP contribution is 2.28. The maximum atomic E-state index is 11.7. The number of nitrogens with one attached hydrogen (secondary N) is 3. The molecule has 1 heterocycles. The van der Waals surface area contributed by atoms with Gasteiger partial charge in [0.05, 0.1) is 11.3 Å². The zero-order valence-corrected chi connectivity index (χ0v) is 18.1. The van der Waals surface area contributed by atoms with Gasteiger partial charge in [0.25, 0.3) is 0 Å². The Morgan fingerprint density at radius 3 is 2.23 bits per heavy atom. The molecular weight excluding hydrogens is 410 g/mol. The molecule has 0 fully saturated rings. The Kier molecular flexibility index (Phi) is 5.83. The Labute approximate surface area is 181 Å². The lowest BCUT2D eigenvalue weighted by Gasteiger charge is -2.13. The molecule has 3 aromatic carbocycles. The minimum absolute atomic E-state index is 0.0689. The minimum atomic E-state index is -3.31. The van der Waals surface area contributed by atoms with E-state index in [-0.39, 0.29) is 5.75 Å². The van der Waals surface area contributed by atoms with Crippen LogP contribution in [0.4, 0.5) is 23.1 Å². The van der Waals surface area contributed by atoms with Crippen molar-refractivity contribution in [1.29, 1.82) is 0 Å². The summed E-state index contributed by atoms with van der Waals surface area (Å²) in [6.07, 6.45) is 0. The smallest absolute Gasteiger partial charge is 0.229 e. The largest absolute Gasteiger partial charge is 0.340 e. The number of nitrogens with zero attached hydrogens (tertiary/aromatic N) is 2. The third kappa shape index (κ3) is 4.99. The number of benzene rings is 3. The van der Waals surface area contributed by atoms with E-state index in [1.807, 2.05) is 67.6 Å². The van der Waals surface area contributed by atoms with Crippen LogP contribution in [-0.4, -0.2) is 25.4 Å². The molecule has 4 rings (SSSR count). The van der Waals surface area contributed by atoms with Crippen LogP contribution in [0.15, 0.2) is 72.8 Å². The second kappa shape index (κ2) is 8.71. The van der Waals surface area contributed by atoms with Crippen molar-refractivity contribution >= 4 is 44.1 Å². The highest BCUT2D eigenvalue weighted by Gasteiger charge is 2.11. The van der Waals surface area contributed by atoms with Gasteiger partial charge in [-0.3, -0.25) is 0 Å². The van der Waals surface area contributed by atoms with Gasteiger partial charge in [-0.2, -0.15) is 4.98 Å². The second-order valence-electron chi connectivity index (χ2n) is 7.14. The molecule has 0 radical (unpaired) electrons. The molecule has 8 heteroatoms. The molecule has 0 unspecified atom stereocenters. The number of aromatic nitrogens is 2. The fourth-order valence-corrected chi connectivity index (χ4v) is 3.99. The van der Waals surface area contributed by atoms with Crippen molar-refractivity contribution in [2.75, 3.05) is 17.7 Å². The van der Waals surface area contributed by atoms with Crippen LogP contribution in [-0.2, 0) is 15.8 Å². The molecule has 3 N–H and O–H groups in total. The molecule has 0 amide bonds. The van der Waals surface area contributed by atoms with E-state index >= 15 is 0 Å². The van der Waals surface area contributed by atoms with Crippen LogP contribution in [0, 0.1) is 6.92 Å². The standard InChI is InChI=1S/C23H23N5O2S/c1-16-7-6-10-20-21(16)27-23(28-22(20)25-18-8-4-3-5-9-18)26-19-13-11-17(12-14-19)15-31(29,30)24-2/h3-14,24H,15H2,1-2H3,(H2,25,26,27,28). The summed E-state index contributed by atoms with van der Waals surface area (Å²) in [5, 5.41) is 7.54. The molecule has 0 atom stereocenters. The first kappa shape index (κ1) is 20.8. The van der Waals surface area contributed by atoms with Crippen LogP contribution >= 0.6 is 0 Å². The lowest BCUT2D eigenvalue weighted by molar-refractivity contribution is 0.587. The van der Waals surface area contributed by atoms with Crippen molar-refractivity contribution in [3.05, 3.63) is 83.9 Å². The maximum absolute atomic E-state index is 11.7. The molecule has 0 aliphatic carbocycles. The molecule has 1 aromatic heterocycles. The molecule has 7 nitrogen and oxygen atoms in total. The normalized spacial score (nSPS) is 11.4. The topological polar surface area (TPSA) is 96.0 Å². The van der Waals surface area contributed by atoms with E-state index in [2.05, 4.69) is 20.3 Å². The summed E-state index contributed by atoms with van der Waals surface area (Å²) in [6, 6.07) is 23.0. The van der Waals surface area contributed by atoms with Crippen LogP contribution in [0.3, 0.4) is 0 Å². The number of aryl methyl sites for hydroxylation is 1. The van der Waals surface area contributed by atoms with Gasteiger partial charge in [0.15, 0.2) is 0 Å². The minimum Gasteiger partial charge on any atom is -0.340 e. The number of hydrogen-bond acceptors (Lipinski definition) is 6. The van der Waals surface area contributed by atoms with Crippen molar-refractivity contribution in [2.24, 2.45) is 0 Å². The molecule has 0 aliphatic rings. The highest BCUT2D eigenvalue weighted by atomic mass is 32.2. The van der Waals surface area contributed by atoms with Crippen LogP contribution in [0.25, 0.3) is 10.9 Å². The Hall–Kier alpha value is -3.49. The van der Waals surface area contributed by atoms with Crippen LogP contribution in [0.1, 0.15) is 11.1 Å². The van der Waals surface area contributed by atoms with Crippen LogP contribution in [0.5, 0.6) is 0 Å². The van der Waals surface area contributed by atoms with Crippen LogP contribution < -0.4 is 15.4 Å². The summed E-state index contributed by atoms with van der Waals surface area (Å²) in [4.78, 5) is 9.39. The van der Waals surface area contributed by atoms with Crippen molar-refractivity contribution in [3.8, 4) is 0 Å². The Balaban J connectivity index is 1.65. The maximum Gasteiger partial charge on any atom is 0.229 e. The molecular formula is C23H23N5O2S. The number of sulfonamides is 1. The molecule has 0 spiro atoms. The van der Waals surface area contributed by atoms with Crippen molar-refractivity contribution in [3.63, 3.8) is 0 Å². The van der Waals surface area contributed by atoms with E-state index in [1.165, 1.54) is 7.05 Å². The fraction of sp³-hybridized carbons (Fsp3) is 0.130. The Morgan fingerprint density at radius 1 is 0.806 bits per heavy atom. The number of fused-ring (bicyclic) bond motifs is 1. The molecule has 4 aromatic rings. The average Bonchev–Trinajstić information content (AvgIpc) is 2.76. The van der Waals surface area contributed by atoms with E-state index in [4.69, 9.17) is 4.98 Å². The van der Waals surface area contributed by atoms with E-state index in [0.29, 0.717) is 17.3 Å². The van der Waals surface area contributed by atoms with Gasteiger partial charge in [0.1, 0.15) is 5.82 Å². The van der Waals surface area contributed by atoms with Gasteiger partial charge in [-0.1, -0.05) is 42.5 Å². The number of hydrogen-bond donors (Lipinski definition) is 3. The van der Waals surface area contributed by atoms with Crippen molar-refractivity contribution in [2.45, 2.75) is 12.7 Å². The van der Waals surface area contributed by atoms with Gasteiger partial charge < -0.3 is 10.6 Å². The summed E-state index contributed by atoms with van der Waals surface area (Å²) in [6.45, 7) is 2.02. The lowest BCUT2D eigenvalue weighted by atomic mass is 10.1. The molecule has 158 valence electrons. The molecule has 0 saturated heterocycles. The van der Waals surface area contributed by atoms with Gasteiger partial charge in [0, 0.05) is 16.8 Å². The van der Waals surface area contributed by atoms with Gasteiger partial charge in [-0.05, 0) is 55.4 Å². The first-order chi connectivity index (χ1) is 14.9. The van der Waals surface area contributed by atoms with Crippen molar-refractivity contribution < 1.29 is 8.42 Å². The first-order valence-corrected chi connectivity index (χ1v) is 11.5. The molecule has 31 heavy (non-hydrogen) atoms. The van der Waals surface area contributed by atoms with Gasteiger partial charge in [0.2, 0.25) is 16.0 Å². The predicted octanol–water partition coefficient (Wildman–Crippen LogP) is 4.47. The number of rotatable bonds is 7. The first-order valence-electron chi connectivity index (χ1n) is 9.80. The predicted molar refractivity (Wildman–Crippen MR) is 125 cm³/mol. The van der Waals surface area contributed by atoms with Crippen molar-refractivity contribution in [1.82, 2.24) is 14.7 Å². The fourth-order valence-electron chi connectivity index (χ4n) is 3.21. The third-order valence-corrected chi connectivity index (χ3v) is 6.18. The van der Waals surface area contributed by atoms with E-state index in [1.54, 1.807) is 12.1 Å². The molecule has 0 saturated carbocycles. The summed E-state index contributed by atoms with van der Waals surface area (Å²) in [5.74, 6) is 1.09. The van der Waals surface area contributed by atoms with E-state index in [9.17, 15) is 8.42 Å². The van der Waals surface area contributed by atoms with Gasteiger partial charge in [-0.15, -0.1) is 0 Å². The highest BCUT2D eigenvalue weighted by molar-refractivity contribution is 7.88. The number of para-hydroxylation sites is 2. The zero-order chi connectivity index (χ0) is 21.8. The second-order valence-corrected chi connectivity index (χ2v) is 9.07. The summed E-state index contributed by atoms with van der Waals surface area (Å²) < 4.78 is 25.8. The zero-order valence-electron chi connectivity index (χ0n) is 17.3. The monoisotopic (exact) mass is 433 g/mol. The SMILES string of the molecule is CNS(=O)(=O)Cc1ccc(Nc2nc(Nc3ccccc3)c3cccc(C)c3n2)cc1. The Morgan fingerprint density at radius 2 is 1.52 bits per heavy atom. The number of anilines is 4. The third-order valence-electron chi connectivity index (χ3n) is 4.84. The molecule has 0 aliphatic heterocycles. The van der Waals surface area contributed by atoms with Gasteiger partial charge >= 0.3 is 0 Å². The van der Waals surface area contributed by atoms with E-state index < -0.39 is 10.0 Å². The van der Waals surface area contributed by atoms with E-state index in [0.717, 1.165) is 27.8 Å². The lowest BCUT2D eigenvalue weighted by Crippen LogP contribution is -2.20. The summed E-state index contributed by atoms with van der Waals surface area (Å²) in [5.41, 5.74) is 4.30. The summed E-state index contributed by atoms with van der Waals surface area (Å²) >= 11 is 0. The Bertz CT molecular complexity index is 1310. The average molecular weight is 434 g/mol. The summed E-state index contributed by atoms with van der Waals surface area (Å²) in [7, 11) is -1.90. The van der Waals surface area contributed by atoms with Crippen LogP contribution in [0.2, 0.25) is 0 Å².